The van der Waals surface area contributed by atoms with Gasteiger partial charge in [-0.1, -0.05) is 26.3 Å². The SMILES string of the molecule is CCCCN(C(C)CC)S(=O)(=O)c1ccc(C)cc1Br. The Morgan fingerprint density at radius 3 is 2.45 bits per heavy atom. The van der Waals surface area contributed by atoms with E-state index in [-0.39, 0.29) is 6.04 Å². The van der Waals surface area contributed by atoms with Gasteiger partial charge in [0.1, 0.15) is 0 Å². The van der Waals surface area contributed by atoms with Crippen LogP contribution >= 0.6 is 15.9 Å². The highest BCUT2D eigenvalue weighted by atomic mass is 79.9. The molecule has 0 aromatic heterocycles. The second kappa shape index (κ2) is 7.57. The molecule has 0 aliphatic heterocycles. The van der Waals surface area contributed by atoms with Crippen LogP contribution in [0.4, 0.5) is 0 Å². The van der Waals surface area contributed by atoms with Crippen molar-refractivity contribution in [3.8, 4) is 0 Å². The van der Waals surface area contributed by atoms with Crippen molar-refractivity contribution in [3.05, 3.63) is 28.2 Å². The van der Waals surface area contributed by atoms with Crippen LogP contribution in [0.15, 0.2) is 27.6 Å². The van der Waals surface area contributed by atoms with Gasteiger partial charge in [0.25, 0.3) is 0 Å². The van der Waals surface area contributed by atoms with Gasteiger partial charge in [-0.25, -0.2) is 8.42 Å². The summed E-state index contributed by atoms with van der Waals surface area (Å²) in [6.45, 7) is 8.58. The summed E-state index contributed by atoms with van der Waals surface area (Å²) in [5.41, 5.74) is 1.04. The highest BCUT2D eigenvalue weighted by molar-refractivity contribution is 9.10. The maximum Gasteiger partial charge on any atom is 0.244 e. The molecule has 1 unspecified atom stereocenters. The Morgan fingerprint density at radius 1 is 1.30 bits per heavy atom. The van der Waals surface area contributed by atoms with Crippen LogP contribution in [0.25, 0.3) is 0 Å². The molecule has 1 aromatic carbocycles. The van der Waals surface area contributed by atoms with Crippen molar-refractivity contribution in [2.24, 2.45) is 0 Å². The summed E-state index contributed by atoms with van der Waals surface area (Å²) < 4.78 is 28.0. The van der Waals surface area contributed by atoms with Gasteiger partial charge in [-0.05, 0) is 60.3 Å². The molecule has 0 aliphatic carbocycles. The number of hydrogen-bond donors (Lipinski definition) is 0. The lowest BCUT2D eigenvalue weighted by molar-refractivity contribution is 0.324. The average Bonchev–Trinajstić information content (AvgIpc) is 2.38. The van der Waals surface area contributed by atoms with Crippen LogP contribution in [-0.4, -0.2) is 25.3 Å². The van der Waals surface area contributed by atoms with Gasteiger partial charge in [0, 0.05) is 17.1 Å². The summed E-state index contributed by atoms with van der Waals surface area (Å²) in [6, 6.07) is 5.39. The molecule has 1 atom stereocenters. The molecular weight excluding hydrogens is 338 g/mol. The molecule has 0 amide bonds. The smallest absolute Gasteiger partial charge is 0.207 e. The minimum Gasteiger partial charge on any atom is -0.207 e. The lowest BCUT2D eigenvalue weighted by atomic mass is 10.2. The molecule has 1 rings (SSSR count). The largest absolute Gasteiger partial charge is 0.244 e. The first-order valence-corrected chi connectivity index (χ1v) is 9.35. The Hall–Kier alpha value is -0.390. The van der Waals surface area contributed by atoms with Crippen LogP contribution in [-0.2, 0) is 10.0 Å². The first kappa shape index (κ1) is 17.7. The highest BCUT2D eigenvalue weighted by Crippen LogP contribution is 2.28. The molecule has 0 heterocycles. The molecule has 0 N–H and O–H groups in total. The molecule has 0 saturated carbocycles. The number of benzene rings is 1. The van der Waals surface area contributed by atoms with Gasteiger partial charge in [0.15, 0.2) is 0 Å². The number of nitrogens with zero attached hydrogens (tertiary/aromatic N) is 1. The second-order valence-corrected chi connectivity index (χ2v) is 7.87. The van der Waals surface area contributed by atoms with E-state index in [0.717, 1.165) is 24.8 Å². The van der Waals surface area contributed by atoms with Crippen molar-refractivity contribution in [3.63, 3.8) is 0 Å². The molecular formula is C15H24BrNO2S. The molecule has 0 radical (unpaired) electrons. The molecule has 0 bridgehead atoms. The lowest BCUT2D eigenvalue weighted by Gasteiger charge is -2.28. The fourth-order valence-corrected chi connectivity index (χ4v) is 4.93. The zero-order valence-electron chi connectivity index (χ0n) is 12.7. The quantitative estimate of drug-likeness (QED) is 0.723. The van der Waals surface area contributed by atoms with Crippen LogP contribution in [0, 0.1) is 6.92 Å². The van der Waals surface area contributed by atoms with Gasteiger partial charge in [-0.15, -0.1) is 0 Å². The number of sulfonamides is 1. The Labute approximate surface area is 131 Å². The van der Waals surface area contributed by atoms with E-state index in [4.69, 9.17) is 0 Å². The van der Waals surface area contributed by atoms with Crippen molar-refractivity contribution < 1.29 is 8.42 Å². The Bertz CT molecular complexity index is 543. The zero-order valence-corrected chi connectivity index (χ0v) is 15.1. The van der Waals surface area contributed by atoms with Crippen LogP contribution in [0.2, 0.25) is 0 Å². The Kier molecular flexibility index (Phi) is 6.69. The van der Waals surface area contributed by atoms with Crippen LogP contribution in [0.5, 0.6) is 0 Å². The van der Waals surface area contributed by atoms with Crippen LogP contribution in [0.1, 0.15) is 45.6 Å². The number of unbranched alkanes of at least 4 members (excludes halogenated alkanes) is 1. The minimum atomic E-state index is -3.45. The molecule has 114 valence electrons. The second-order valence-electron chi connectivity index (χ2n) is 5.16. The van der Waals surface area contributed by atoms with Gasteiger partial charge < -0.3 is 0 Å². The zero-order chi connectivity index (χ0) is 15.3. The van der Waals surface area contributed by atoms with Crippen molar-refractivity contribution in [1.82, 2.24) is 4.31 Å². The summed E-state index contributed by atoms with van der Waals surface area (Å²) in [6.07, 6.45) is 2.68. The summed E-state index contributed by atoms with van der Waals surface area (Å²) in [5.74, 6) is 0. The van der Waals surface area contributed by atoms with Crippen LogP contribution < -0.4 is 0 Å². The van der Waals surface area contributed by atoms with Gasteiger partial charge in [-0.3, -0.25) is 0 Å². The summed E-state index contributed by atoms with van der Waals surface area (Å²) >= 11 is 3.38. The van der Waals surface area contributed by atoms with Gasteiger partial charge in [0.2, 0.25) is 10.0 Å². The third-order valence-corrected chi connectivity index (χ3v) is 6.48. The number of hydrogen-bond acceptors (Lipinski definition) is 2. The maximum atomic E-state index is 12.9. The lowest BCUT2D eigenvalue weighted by Crippen LogP contribution is -2.39. The Balaban J connectivity index is 3.21. The predicted octanol–water partition coefficient (Wildman–Crippen LogP) is 4.35. The number of halogens is 1. The third kappa shape index (κ3) is 4.06. The Morgan fingerprint density at radius 2 is 1.95 bits per heavy atom. The van der Waals surface area contributed by atoms with E-state index in [9.17, 15) is 8.42 Å². The van der Waals surface area contributed by atoms with Gasteiger partial charge in [0.05, 0.1) is 4.90 Å². The van der Waals surface area contributed by atoms with E-state index in [2.05, 4.69) is 22.9 Å². The van der Waals surface area contributed by atoms with Crippen molar-refractivity contribution >= 4 is 26.0 Å². The van der Waals surface area contributed by atoms with E-state index < -0.39 is 10.0 Å². The summed E-state index contributed by atoms with van der Waals surface area (Å²) in [5, 5.41) is 0. The fourth-order valence-electron chi connectivity index (χ4n) is 2.04. The minimum absolute atomic E-state index is 0.0137. The highest BCUT2D eigenvalue weighted by Gasteiger charge is 2.29. The molecule has 0 spiro atoms. The first-order chi connectivity index (χ1) is 9.34. The molecule has 20 heavy (non-hydrogen) atoms. The summed E-state index contributed by atoms with van der Waals surface area (Å²) in [7, 11) is -3.45. The molecule has 0 fully saturated rings. The van der Waals surface area contributed by atoms with E-state index in [1.54, 1.807) is 10.4 Å². The van der Waals surface area contributed by atoms with Crippen molar-refractivity contribution in [1.29, 1.82) is 0 Å². The number of aryl methyl sites for hydroxylation is 1. The first-order valence-electron chi connectivity index (χ1n) is 7.12. The third-order valence-electron chi connectivity index (χ3n) is 3.49. The molecule has 5 heteroatoms. The van der Waals surface area contributed by atoms with Crippen LogP contribution in [0.3, 0.4) is 0 Å². The number of rotatable bonds is 7. The molecule has 0 saturated heterocycles. The summed E-state index contributed by atoms with van der Waals surface area (Å²) in [4.78, 5) is 0.361. The van der Waals surface area contributed by atoms with Gasteiger partial charge >= 0.3 is 0 Å². The maximum absolute atomic E-state index is 12.9. The van der Waals surface area contributed by atoms with Crippen molar-refractivity contribution in [2.75, 3.05) is 6.54 Å². The van der Waals surface area contributed by atoms with E-state index >= 15 is 0 Å². The monoisotopic (exact) mass is 361 g/mol. The van der Waals surface area contributed by atoms with E-state index in [1.807, 2.05) is 32.9 Å². The normalized spacial score (nSPS) is 13.7. The average molecular weight is 362 g/mol. The van der Waals surface area contributed by atoms with E-state index in [1.165, 1.54) is 0 Å². The van der Waals surface area contributed by atoms with Gasteiger partial charge in [-0.2, -0.15) is 4.31 Å². The molecule has 1 aromatic rings. The standard InChI is InChI=1S/C15H24BrNO2S/c1-5-7-10-17(13(4)6-2)20(18,19)15-9-8-12(3)11-14(15)16/h8-9,11,13H,5-7,10H2,1-4H3. The molecule has 0 aliphatic rings. The molecule has 3 nitrogen and oxygen atoms in total. The van der Waals surface area contributed by atoms with E-state index in [0.29, 0.717) is 15.9 Å². The fraction of sp³-hybridized carbons (Fsp3) is 0.600. The topological polar surface area (TPSA) is 37.4 Å². The van der Waals surface area contributed by atoms with Crippen molar-refractivity contribution in [2.45, 2.75) is 57.9 Å². The predicted molar refractivity (Wildman–Crippen MR) is 87.4 cm³/mol.